The number of nitrogens with one attached hydrogen (secondary N) is 1. The molecule has 0 saturated carbocycles. The van der Waals surface area contributed by atoms with Gasteiger partial charge in [0.2, 0.25) is 5.91 Å². The molecule has 1 heterocycles. The van der Waals surface area contributed by atoms with Gasteiger partial charge in [0.05, 0.1) is 0 Å². The number of anilines is 1. The van der Waals surface area contributed by atoms with Crippen LogP contribution in [0.1, 0.15) is 23.0 Å². The Morgan fingerprint density at radius 1 is 1.26 bits per heavy atom. The van der Waals surface area contributed by atoms with E-state index in [4.69, 9.17) is 5.11 Å². The highest BCUT2D eigenvalue weighted by atomic mass is 16.4. The minimum atomic E-state index is -0.977. The number of carbonyl (C=O) groups is 2. The lowest BCUT2D eigenvalue weighted by atomic mass is 10.1. The van der Waals surface area contributed by atoms with E-state index in [0.717, 1.165) is 11.3 Å². The zero-order valence-electron chi connectivity index (χ0n) is 10.7. The first-order valence-electron chi connectivity index (χ1n) is 5.78. The highest BCUT2D eigenvalue weighted by Crippen LogP contribution is 2.21. The molecule has 0 aliphatic heterocycles. The summed E-state index contributed by atoms with van der Waals surface area (Å²) in [4.78, 5) is 22.1. The van der Waals surface area contributed by atoms with Crippen molar-refractivity contribution in [1.29, 1.82) is 0 Å². The van der Waals surface area contributed by atoms with Crippen LogP contribution in [-0.2, 0) is 4.79 Å². The van der Waals surface area contributed by atoms with Gasteiger partial charge in [-0.1, -0.05) is 0 Å². The lowest BCUT2D eigenvalue weighted by molar-refractivity contribution is -0.114. The standard InChI is InChI=1S/C14H14N2O3/c1-9-8-11(15-10(2)17)5-6-12(9)16-7-3-4-13(16)14(18)19/h3-8H,1-2H3,(H,15,17)(H,18,19). The number of nitrogens with zero attached hydrogens (tertiary/aromatic N) is 1. The molecule has 0 saturated heterocycles. The summed E-state index contributed by atoms with van der Waals surface area (Å²) >= 11 is 0. The normalized spacial score (nSPS) is 10.2. The third-order valence-electron chi connectivity index (χ3n) is 2.74. The molecule has 0 aliphatic rings. The second-order valence-corrected chi connectivity index (χ2v) is 4.25. The van der Waals surface area contributed by atoms with Crippen molar-refractivity contribution in [1.82, 2.24) is 4.57 Å². The molecule has 19 heavy (non-hydrogen) atoms. The lowest BCUT2D eigenvalue weighted by Crippen LogP contribution is -2.09. The Bertz CT molecular complexity index is 644. The van der Waals surface area contributed by atoms with Crippen LogP contribution in [0.3, 0.4) is 0 Å². The van der Waals surface area contributed by atoms with Gasteiger partial charge in [-0.05, 0) is 42.8 Å². The third-order valence-corrected chi connectivity index (χ3v) is 2.74. The van der Waals surface area contributed by atoms with E-state index < -0.39 is 5.97 Å². The van der Waals surface area contributed by atoms with Crippen LogP contribution in [0, 0.1) is 6.92 Å². The number of benzene rings is 1. The monoisotopic (exact) mass is 258 g/mol. The number of hydrogen-bond acceptors (Lipinski definition) is 2. The van der Waals surface area contributed by atoms with Crippen LogP contribution >= 0.6 is 0 Å². The molecule has 0 aliphatic carbocycles. The number of aromatic nitrogens is 1. The minimum Gasteiger partial charge on any atom is -0.477 e. The van der Waals surface area contributed by atoms with Gasteiger partial charge in [-0.25, -0.2) is 4.79 Å². The fourth-order valence-corrected chi connectivity index (χ4v) is 1.97. The van der Waals surface area contributed by atoms with E-state index in [0.29, 0.717) is 5.69 Å². The van der Waals surface area contributed by atoms with E-state index in [1.807, 2.05) is 13.0 Å². The van der Waals surface area contributed by atoms with Crippen molar-refractivity contribution >= 4 is 17.6 Å². The summed E-state index contributed by atoms with van der Waals surface area (Å²) in [6.07, 6.45) is 1.70. The van der Waals surface area contributed by atoms with E-state index in [1.165, 1.54) is 6.92 Å². The second-order valence-electron chi connectivity index (χ2n) is 4.25. The summed E-state index contributed by atoms with van der Waals surface area (Å²) in [5, 5.41) is 11.8. The largest absolute Gasteiger partial charge is 0.477 e. The Kier molecular flexibility index (Phi) is 3.37. The molecular weight excluding hydrogens is 244 g/mol. The molecular formula is C14H14N2O3. The zero-order chi connectivity index (χ0) is 14.0. The number of carbonyl (C=O) groups excluding carboxylic acids is 1. The Balaban J connectivity index is 2.43. The molecule has 0 radical (unpaired) electrons. The second kappa shape index (κ2) is 4.97. The number of carboxylic acid groups (broad SMARTS) is 1. The average Bonchev–Trinajstić information content (AvgIpc) is 2.77. The molecule has 0 bridgehead atoms. The van der Waals surface area contributed by atoms with Crippen molar-refractivity contribution < 1.29 is 14.7 Å². The van der Waals surface area contributed by atoms with E-state index in [2.05, 4.69) is 5.32 Å². The molecule has 98 valence electrons. The number of aromatic carboxylic acids is 1. The van der Waals surface area contributed by atoms with E-state index in [-0.39, 0.29) is 11.6 Å². The summed E-state index contributed by atoms with van der Waals surface area (Å²) in [5.41, 5.74) is 2.55. The quantitative estimate of drug-likeness (QED) is 0.888. The molecule has 5 heteroatoms. The van der Waals surface area contributed by atoms with Crippen LogP contribution in [0.4, 0.5) is 5.69 Å². The SMILES string of the molecule is CC(=O)Nc1ccc(-n2cccc2C(=O)O)c(C)c1. The Hall–Kier alpha value is -2.56. The Morgan fingerprint density at radius 2 is 2.00 bits per heavy atom. The van der Waals surface area contributed by atoms with Crippen molar-refractivity contribution in [3.63, 3.8) is 0 Å². The summed E-state index contributed by atoms with van der Waals surface area (Å²) in [6, 6.07) is 8.57. The van der Waals surface area contributed by atoms with Gasteiger partial charge in [-0.2, -0.15) is 0 Å². The van der Waals surface area contributed by atoms with Crippen LogP contribution in [0.5, 0.6) is 0 Å². The molecule has 0 unspecified atom stereocenters. The maximum atomic E-state index is 11.1. The van der Waals surface area contributed by atoms with Crippen molar-refractivity contribution in [2.75, 3.05) is 5.32 Å². The molecule has 0 fully saturated rings. The first kappa shape index (κ1) is 12.9. The number of rotatable bonds is 3. The molecule has 2 N–H and O–H groups in total. The molecule has 2 rings (SSSR count). The summed E-state index contributed by atoms with van der Waals surface area (Å²) in [6.45, 7) is 3.31. The van der Waals surface area contributed by atoms with E-state index in [9.17, 15) is 9.59 Å². The fraction of sp³-hybridized carbons (Fsp3) is 0.143. The highest BCUT2D eigenvalue weighted by Gasteiger charge is 2.12. The van der Waals surface area contributed by atoms with Gasteiger partial charge in [0.25, 0.3) is 0 Å². The number of hydrogen-bond donors (Lipinski definition) is 2. The summed E-state index contributed by atoms with van der Waals surface area (Å²) < 4.78 is 1.61. The maximum Gasteiger partial charge on any atom is 0.352 e. The molecule has 1 amide bonds. The van der Waals surface area contributed by atoms with Crippen LogP contribution < -0.4 is 5.32 Å². The Morgan fingerprint density at radius 3 is 2.58 bits per heavy atom. The first-order chi connectivity index (χ1) is 8.99. The van der Waals surface area contributed by atoms with Crippen LogP contribution in [0.25, 0.3) is 5.69 Å². The highest BCUT2D eigenvalue weighted by molar-refractivity contribution is 5.89. The molecule has 0 spiro atoms. The Labute approximate surface area is 110 Å². The number of amides is 1. The van der Waals surface area contributed by atoms with Crippen molar-refractivity contribution in [2.24, 2.45) is 0 Å². The van der Waals surface area contributed by atoms with Crippen LogP contribution in [-0.4, -0.2) is 21.6 Å². The van der Waals surface area contributed by atoms with E-state index in [1.54, 1.807) is 35.0 Å². The first-order valence-corrected chi connectivity index (χ1v) is 5.78. The zero-order valence-corrected chi connectivity index (χ0v) is 10.7. The summed E-state index contributed by atoms with van der Waals surface area (Å²) in [7, 11) is 0. The van der Waals surface area contributed by atoms with Gasteiger partial charge in [-0.15, -0.1) is 0 Å². The van der Waals surface area contributed by atoms with Crippen molar-refractivity contribution in [2.45, 2.75) is 13.8 Å². The molecule has 1 aromatic carbocycles. The van der Waals surface area contributed by atoms with Gasteiger partial charge >= 0.3 is 5.97 Å². The van der Waals surface area contributed by atoms with Gasteiger partial charge in [0.1, 0.15) is 5.69 Å². The topological polar surface area (TPSA) is 71.3 Å². The average molecular weight is 258 g/mol. The third kappa shape index (κ3) is 2.65. The van der Waals surface area contributed by atoms with Gasteiger partial charge < -0.3 is 15.0 Å². The molecule has 2 aromatic rings. The van der Waals surface area contributed by atoms with Gasteiger partial charge in [0, 0.05) is 24.5 Å². The van der Waals surface area contributed by atoms with E-state index >= 15 is 0 Å². The van der Waals surface area contributed by atoms with Crippen molar-refractivity contribution in [3.8, 4) is 5.69 Å². The smallest absolute Gasteiger partial charge is 0.352 e. The minimum absolute atomic E-state index is 0.140. The van der Waals surface area contributed by atoms with Crippen molar-refractivity contribution in [3.05, 3.63) is 47.8 Å². The number of aryl methyl sites for hydroxylation is 1. The molecule has 1 aromatic heterocycles. The molecule has 5 nitrogen and oxygen atoms in total. The fourth-order valence-electron chi connectivity index (χ4n) is 1.97. The predicted octanol–water partition coefficient (Wildman–Crippen LogP) is 2.44. The lowest BCUT2D eigenvalue weighted by Gasteiger charge is -2.11. The number of carboxylic acids is 1. The summed E-state index contributed by atoms with van der Waals surface area (Å²) in [5.74, 6) is -1.12. The van der Waals surface area contributed by atoms with Gasteiger partial charge in [0.15, 0.2) is 0 Å². The van der Waals surface area contributed by atoms with Crippen LogP contribution in [0.15, 0.2) is 36.5 Å². The molecule has 0 atom stereocenters. The van der Waals surface area contributed by atoms with Gasteiger partial charge in [-0.3, -0.25) is 4.79 Å². The van der Waals surface area contributed by atoms with Crippen LogP contribution in [0.2, 0.25) is 0 Å². The maximum absolute atomic E-state index is 11.1. The predicted molar refractivity (Wildman–Crippen MR) is 71.8 cm³/mol.